The first-order valence-electron chi connectivity index (χ1n) is 13.6. The zero-order valence-corrected chi connectivity index (χ0v) is 22.4. The second-order valence-corrected chi connectivity index (χ2v) is 10.1. The van der Waals surface area contributed by atoms with Crippen LogP contribution < -0.4 is 14.2 Å². The molecule has 1 saturated heterocycles. The topological polar surface area (TPSA) is 51.2 Å². The van der Waals surface area contributed by atoms with Gasteiger partial charge in [0.2, 0.25) is 12.7 Å². The number of benzene rings is 2. The standard InChI is InChI=1S/C30H42N2O4/c1-5-8-16-31(17-9-6-2)29(33)21-32-20-24(23-10-15-27-28(18-23)36-22-35-27)19-30(32,7-3)25-11-13-26(34-4)14-12-25/h10-15,18,24H,5-9,16-17,19-22H2,1-4H3. The van der Waals surface area contributed by atoms with E-state index in [0.29, 0.717) is 12.5 Å². The summed E-state index contributed by atoms with van der Waals surface area (Å²) in [5.41, 5.74) is 2.27. The van der Waals surface area contributed by atoms with E-state index in [0.717, 1.165) is 75.4 Å². The van der Waals surface area contributed by atoms with Crippen LogP contribution in [0.4, 0.5) is 0 Å². The summed E-state index contributed by atoms with van der Waals surface area (Å²) in [6.45, 7) is 9.85. The molecule has 0 radical (unpaired) electrons. The molecule has 2 aliphatic heterocycles. The van der Waals surface area contributed by atoms with Gasteiger partial charge in [-0.2, -0.15) is 0 Å². The summed E-state index contributed by atoms with van der Waals surface area (Å²) in [4.78, 5) is 18.2. The number of carbonyl (C=O) groups excluding carboxylic acids is 1. The quantitative estimate of drug-likeness (QED) is 0.365. The van der Waals surface area contributed by atoms with E-state index in [1.807, 2.05) is 18.2 Å². The maximum atomic E-state index is 13.7. The third kappa shape index (κ3) is 5.49. The molecule has 196 valence electrons. The van der Waals surface area contributed by atoms with Crippen molar-refractivity contribution in [1.29, 1.82) is 0 Å². The summed E-state index contributed by atoms with van der Waals surface area (Å²) in [5.74, 6) is 3.02. The lowest BCUT2D eigenvalue weighted by Gasteiger charge is -2.39. The molecule has 4 rings (SSSR count). The summed E-state index contributed by atoms with van der Waals surface area (Å²) >= 11 is 0. The van der Waals surface area contributed by atoms with Crippen LogP contribution in [-0.2, 0) is 10.3 Å². The van der Waals surface area contributed by atoms with Gasteiger partial charge in [0.1, 0.15) is 5.75 Å². The van der Waals surface area contributed by atoms with E-state index in [2.05, 4.69) is 54.8 Å². The number of hydrogen-bond acceptors (Lipinski definition) is 5. The normalized spacial score (nSPS) is 21.1. The number of rotatable bonds is 12. The highest BCUT2D eigenvalue weighted by Gasteiger charge is 2.47. The van der Waals surface area contributed by atoms with Crippen LogP contribution in [0.2, 0.25) is 0 Å². The number of fused-ring (bicyclic) bond motifs is 1. The molecular formula is C30H42N2O4. The summed E-state index contributed by atoms with van der Waals surface area (Å²) < 4.78 is 16.6. The van der Waals surface area contributed by atoms with E-state index < -0.39 is 0 Å². The van der Waals surface area contributed by atoms with Crippen LogP contribution in [0.25, 0.3) is 0 Å². The fraction of sp³-hybridized carbons (Fsp3) is 0.567. The van der Waals surface area contributed by atoms with Crippen molar-refractivity contribution in [2.45, 2.75) is 70.8 Å². The zero-order valence-electron chi connectivity index (χ0n) is 22.4. The predicted molar refractivity (Wildman–Crippen MR) is 143 cm³/mol. The summed E-state index contributed by atoms with van der Waals surface area (Å²) in [6.07, 6.45) is 6.16. The highest BCUT2D eigenvalue weighted by Crippen LogP contribution is 2.49. The molecule has 0 spiro atoms. The molecule has 36 heavy (non-hydrogen) atoms. The van der Waals surface area contributed by atoms with Crippen LogP contribution in [0.15, 0.2) is 42.5 Å². The van der Waals surface area contributed by atoms with Crippen molar-refractivity contribution in [3.05, 3.63) is 53.6 Å². The SMILES string of the molecule is CCCCN(CCCC)C(=O)CN1CC(c2ccc3c(c2)OCO3)CC1(CC)c1ccc(OC)cc1. The fourth-order valence-electron chi connectivity index (χ4n) is 5.74. The lowest BCUT2D eigenvalue weighted by molar-refractivity contribution is -0.133. The van der Waals surface area contributed by atoms with Crippen LogP contribution in [-0.4, -0.2) is 55.8 Å². The number of amides is 1. The number of hydrogen-bond donors (Lipinski definition) is 0. The van der Waals surface area contributed by atoms with E-state index in [9.17, 15) is 4.79 Å². The van der Waals surface area contributed by atoms with E-state index in [1.165, 1.54) is 11.1 Å². The van der Waals surface area contributed by atoms with Crippen LogP contribution in [0, 0.1) is 0 Å². The van der Waals surface area contributed by atoms with Crippen LogP contribution in [0.3, 0.4) is 0 Å². The minimum atomic E-state index is -0.218. The summed E-state index contributed by atoms with van der Waals surface area (Å²) in [5, 5.41) is 0. The van der Waals surface area contributed by atoms with Crippen molar-refractivity contribution in [2.75, 3.05) is 40.1 Å². The molecule has 2 heterocycles. The van der Waals surface area contributed by atoms with Crippen molar-refractivity contribution in [2.24, 2.45) is 0 Å². The Labute approximate surface area is 216 Å². The number of methoxy groups -OCH3 is 1. The first-order valence-corrected chi connectivity index (χ1v) is 13.6. The Morgan fingerprint density at radius 3 is 2.36 bits per heavy atom. The largest absolute Gasteiger partial charge is 0.497 e. The van der Waals surface area contributed by atoms with Gasteiger partial charge in [0.25, 0.3) is 0 Å². The molecule has 1 fully saturated rings. The minimum absolute atomic E-state index is 0.218. The molecular weight excluding hydrogens is 452 g/mol. The molecule has 1 amide bonds. The summed E-state index contributed by atoms with van der Waals surface area (Å²) in [6, 6.07) is 14.7. The van der Waals surface area contributed by atoms with Crippen LogP contribution >= 0.6 is 0 Å². The van der Waals surface area contributed by atoms with Gasteiger partial charge in [0, 0.05) is 25.2 Å². The van der Waals surface area contributed by atoms with Crippen LogP contribution in [0.5, 0.6) is 17.2 Å². The van der Waals surface area contributed by atoms with Gasteiger partial charge in [-0.3, -0.25) is 9.69 Å². The van der Waals surface area contributed by atoms with Gasteiger partial charge in [0.05, 0.1) is 13.7 Å². The van der Waals surface area contributed by atoms with E-state index >= 15 is 0 Å². The average Bonchev–Trinajstić information content (AvgIpc) is 3.53. The number of ether oxygens (including phenoxy) is 3. The molecule has 0 N–H and O–H groups in total. The molecule has 2 aromatic carbocycles. The van der Waals surface area contributed by atoms with E-state index in [1.54, 1.807) is 7.11 Å². The van der Waals surface area contributed by atoms with E-state index in [4.69, 9.17) is 14.2 Å². The monoisotopic (exact) mass is 494 g/mol. The van der Waals surface area contributed by atoms with Crippen molar-refractivity contribution in [3.8, 4) is 17.2 Å². The maximum absolute atomic E-state index is 13.7. The molecule has 0 aliphatic carbocycles. The van der Waals surface area contributed by atoms with Gasteiger partial charge < -0.3 is 19.1 Å². The Morgan fingerprint density at radius 1 is 1.03 bits per heavy atom. The number of carbonyl (C=O) groups is 1. The maximum Gasteiger partial charge on any atom is 0.236 e. The fourth-order valence-corrected chi connectivity index (χ4v) is 5.74. The number of unbranched alkanes of at least 4 members (excludes halogenated alkanes) is 2. The lowest BCUT2D eigenvalue weighted by Crippen LogP contribution is -2.47. The highest BCUT2D eigenvalue weighted by molar-refractivity contribution is 5.78. The Morgan fingerprint density at radius 2 is 1.72 bits per heavy atom. The first-order chi connectivity index (χ1) is 17.5. The van der Waals surface area contributed by atoms with Crippen molar-refractivity contribution in [1.82, 2.24) is 9.80 Å². The van der Waals surface area contributed by atoms with Gasteiger partial charge in [-0.25, -0.2) is 0 Å². The number of likely N-dealkylation sites (tertiary alicyclic amines) is 1. The Kier molecular flexibility index (Phi) is 8.78. The van der Waals surface area contributed by atoms with Gasteiger partial charge in [-0.1, -0.05) is 51.8 Å². The Balaban J connectivity index is 1.64. The highest BCUT2D eigenvalue weighted by atomic mass is 16.7. The third-order valence-electron chi connectivity index (χ3n) is 7.95. The molecule has 6 heteroatoms. The Hall–Kier alpha value is -2.73. The lowest BCUT2D eigenvalue weighted by atomic mass is 9.81. The van der Waals surface area contributed by atoms with Gasteiger partial charge in [0.15, 0.2) is 11.5 Å². The second-order valence-electron chi connectivity index (χ2n) is 10.1. The molecule has 0 aromatic heterocycles. The molecule has 2 aromatic rings. The predicted octanol–water partition coefficient (Wildman–Crippen LogP) is 5.95. The Bertz CT molecular complexity index is 1000. The van der Waals surface area contributed by atoms with Gasteiger partial charge in [-0.05, 0) is 67.0 Å². The molecule has 2 aliphatic rings. The van der Waals surface area contributed by atoms with Crippen molar-refractivity contribution in [3.63, 3.8) is 0 Å². The molecule has 0 bridgehead atoms. The van der Waals surface area contributed by atoms with Crippen molar-refractivity contribution < 1.29 is 19.0 Å². The van der Waals surface area contributed by atoms with E-state index in [-0.39, 0.29) is 18.2 Å². The van der Waals surface area contributed by atoms with Gasteiger partial charge in [-0.15, -0.1) is 0 Å². The van der Waals surface area contributed by atoms with Crippen molar-refractivity contribution >= 4 is 5.91 Å². The third-order valence-corrected chi connectivity index (χ3v) is 7.95. The molecule has 6 nitrogen and oxygen atoms in total. The summed E-state index contributed by atoms with van der Waals surface area (Å²) in [7, 11) is 1.70. The molecule has 2 atom stereocenters. The zero-order chi connectivity index (χ0) is 25.5. The second kappa shape index (κ2) is 12.0. The smallest absolute Gasteiger partial charge is 0.236 e. The number of nitrogens with zero attached hydrogens (tertiary/aromatic N) is 2. The molecule has 2 unspecified atom stereocenters. The first kappa shape index (κ1) is 26.3. The van der Waals surface area contributed by atoms with Crippen LogP contribution in [0.1, 0.15) is 76.3 Å². The minimum Gasteiger partial charge on any atom is -0.497 e. The van der Waals surface area contributed by atoms with Gasteiger partial charge >= 0.3 is 0 Å². The average molecular weight is 495 g/mol. The molecule has 0 saturated carbocycles.